The van der Waals surface area contributed by atoms with E-state index in [1.165, 1.54) is 36.1 Å². The van der Waals surface area contributed by atoms with E-state index in [9.17, 15) is 9.50 Å². The van der Waals surface area contributed by atoms with Crippen LogP contribution in [-0.4, -0.2) is 23.2 Å². The number of hydrogen-bond donors (Lipinski definition) is 2. The Bertz CT molecular complexity index is 353. The lowest BCUT2D eigenvalue weighted by Crippen LogP contribution is -2.22. The molecule has 1 aromatic carbocycles. The Morgan fingerprint density at radius 2 is 2.38 bits per heavy atom. The molecule has 0 aliphatic carbocycles. The van der Waals surface area contributed by atoms with Crippen LogP contribution in [0.3, 0.4) is 0 Å². The maximum absolute atomic E-state index is 12.9. The van der Waals surface area contributed by atoms with Gasteiger partial charge in [0, 0.05) is 12.1 Å². The lowest BCUT2D eigenvalue weighted by atomic mass is 10.1. The molecule has 2 rings (SSSR count). The summed E-state index contributed by atoms with van der Waals surface area (Å²) in [4.78, 5) is 0. The monoisotopic (exact) mass is 241 g/mol. The van der Waals surface area contributed by atoms with E-state index in [4.69, 9.17) is 0 Å². The molecule has 0 aromatic heterocycles. The fourth-order valence-corrected chi connectivity index (χ4v) is 3.14. The van der Waals surface area contributed by atoms with Gasteiger partial charge in [0.05, 0.1) is 0 Å². The van der Waals surface area contributed by atoms with E-state index in [0.29, 0.717) is 12.1 Å². The summed E-state index contributed by atoms with van der Waals surface area (Å²) in [6, 6.07) is 4.05. The molecule has 1 aromatic rings. The quantitative estimate of drug-likeness (QED) is 0.849. The van der Waals surface area contributed by atoms with Gasteiger partial charge >= 0.3 is 0 Å². The summed E-state index contributed by atoms with van der Waals surface area (Å²) in [6.07, 6.45) is 1.26. The van der Waals surface area contributed by atoms with Crippen LogP contribution < -0.4 is 5.32 Å². The molecule has 1 aliphatic rings. The summed E-state index contributed by atoms with van der Waals surface area (Å²) in [5.74, 6) is 3.04. The Kier molecular flexibility index (Phi) is 4.07. The molecule has 1 aliphatic heterocycles. The zero-order valence-electron chi connectivity index (χ0n) is 9.08. The zero-order chi connectivity index (χ0) is 11.4. The van der Waals surface area contributed by atoms with Gasteiger partial charge in [0.25, 0.3) is 0 Å². The standard InChI is InChI=1S/C12H16FNOS/c13-11-1-2-12(15)10(5-11)7-14-6-9-3-4-16-8-9/h1-2,5,9,14-15H,3-4,6-8H2. The van der Waals surface area contributed by atoms with Crippen LogP contribution in [0.4, 0.5) is 4.39 Å². The van der Waals surface area contributed by atoms with Crippen molar-refractivity contribution in [2.45, 2.75) is 13.0 Å². The third kappa shape index (κ3) is 3.12. The number of thioether (sulfide) groups is 1. The first-order valence-electron chi connectivity index (χ1n) is 5.51. The molecule has 88 valence electrons. The summed E-state index contributed by atoms with van der Waals surface area (Å²) in [5, 5.41) is 12.8. The van der Waals surface area contributed by atoms with Gasteiger partial charge in [-0.3, -0.25) is 0 Å². The van der Waals surface area contributed by atoms with Crippen molar-refractivity contribution in [1.82, 2.24) is 5.32 Å². The Morgan fingerprint density at radius 3 is 3.12 bits per heavy atom. The van der Waals surface area contributed by atoms with Crippen molar-refractivity contribution in [2.24, 2.45) is 5.92 Å². The molecule has 1 fully saturated rings. The summed E-state index contributed by atoms with van der Waals surface area (Å²) >= 11 is 1.98. The van der Waals surface area contributed by atoms with E-state index >= 15 is 0 Å². The van der Waals surface area contributed by atoms with E-state index in [1.807, 2.05) is 11.8 Å². The molecule has 1 atom stereocenters. The van der Waals surface area contributed by atoms with Crippen LogP contribution in [0.2, 0.25) is 0 Å². The minimum absolute atomic E-state index is 0.162. The van der Waals surface area contributed by atoms with E-state index in [1.54, 1.807) is 0 Å². The van der Waals surface area contributed by atoms with Crippen LogP contribution in [0.15, 0.2) is 18.2 Å². The highest BCUT2D eigenvalue weighted by molar-refractivity contribution is 7.99. The molecule has 1 heterocycles. The number of phenols is 1. The Balaban J connectivity index is 1.82. The van der Waals surface area contributed by atoms with Crippen molar-refractivity contribution >= 4 is 11.8 Å². The number of nitrogens with one attached hydrogen (secondary N) is 1. The molecular weight excluding hydrogens is 225 g/mol. The van der Waals surface area contributed by atoms with Gasteiger partial charge in [0.15, 0.2) is 0 Å². The third-order valence-electron chi connectivity index (χ3n) is 2.81. The minimum Gasteiger partial charge on any atom is -0.508 e. The summed E-state index contributed by atoms with van der Waals surface area (Å²) < 4.78 is 12.9. The predicted molar refractivity (Wildman–Crippen MR) is 65.2 cm³/mol. The number of benzene rings is 1. The number of rotatable bonds is 4. The lowest BCUT2D eigenvalue weighted by Gasteiger charge is -2.10. The molecule has 0 saturated carbocycles. The maximum atomic E-state index is 12.9. The zero-order valence-corrected chi connectivity index (χ0v) is 9.89. The first-order valence-corrected chi connectivity index (χ1v) is 6.67. The van der Waals surface area contributed by atoms with E-state index in [0.717, 1.165) is 12.5 Å². The number of halogens is 1. The number of aromatic hydroxyl groups is 1. The highest BCUT2D eigenvalue weighted by Crippen LogP contribution is 2.23. The van der Waals surface area contributed by atoms with Crippen LogP contribution >= 0.6 is 11.8 Å². The Labute approximate surface area is 99.2 Å². The van der Waals surface area contributed by atoms with Crippen LogP contribution in [-0.2, 0) is 6.54 Å². The summed E-state index contributed by atoms with van der Waals surface area (Å²) in [6.45, 7) is 1.48. The van der Waals surface area contributed by atoms with Crippen LogP contribution in [0, 0.1) is 11.7 Å². The molecule has 16 heavy (non-hydrogen) atoms. The van der Waals surface area contributed by atoms with Crippen molar-refractivity contribution in [1.29, 1.82) is 0 Å². The van der Waals surface area contributed by atoms with Gasteiger partial charge in [0.2, 0.25) is 0 Å². The van der Waals surface area contributed by atoms with E-state index in [2.05, 4.69) is 5.32 Å². The average molecular weight is 241 g/mol. The van der Waals surface area contributed by atoms with Crippen molar-refractivity contribution in [2.75, 3.05) is 18.1 Å². The second-order valence-electron chi connectivity index (χ2n) is 4.13. The van der Waals surface area contributed by atoms with Gasteiger partial charge < -0.3 is 10.4 Å². The summed E-state index contributed by atoms with van der Waals surface area (Å²) in [7, 11) is 0. The van der Waals surface area contributed by atoms with Gasteiger partial charge in [0.1, 0.15) is 11.6 Å². The van der Waals surface area contributed by atoms with Gasteiger partial charge in [-0.15, -0.1) is 0 Å². The summed E-state index contributed by atoms with van der Waals surface area (Å²) in [5.41, 5.74) is 0.630. The Hall–Kier alpha value is -0.740. The first-order chi connectivity index (χ1) is 7.75. The second-order valence-corrected chi connectivity index (χ2v) is 5.28. The van der Waals surface area contributed by atoms with Crippen molar-refractivity contribution in [3.63, 3.8) is 0 Å². The molecular formula is C12H16FNOS. The molecule has 4 heteroatoms. The van der Waals surface area contributed by atoms with Crippen molar-refractivity contribution in [3.05, 3.63) is 29.6 Å². The van der Waals surface area contributed by atoms with E-state index < -0.39 is 0 Å². The van der Waals surface area contributed by atoms with Gasteiger partial charge in [-0.25, -0.2) is 4.39 Å². The van der Waals surface area contributed by atoms with E-state index in [-0.39, 0.29) is 11.6 Å². The maximum Gasteiger partial charge on any atom is 0.123 e. The SMILES string of the molecule is Oc1ccc(F)cc1CNCC1CCSC1. The fourth-order valence-electron chi connectivity index (χ4n) is 1.85. The first kappa shape index (κ1) is 11.7. The average Bonchev–Trinajstić information content (AvgIpc) is 2.76. The fraction of sp³-hybridized carbons (Fsp3) is 0.500. The van der Waals surface area contributed by atoms with Crippen LogP contribution in [0.5, 0.6) is 5.75 Å². The van der Waals surface area contributed by atoms with Crippen LogP contribution in [0.1, 0.15) is 12.0 Å². The Morgan fingerprint density at radius 1 is 1.50 bits per heavy atom. The second kappa shape index (κ2) is 5.55. The topological polar surface area (TPSA) is 32.3 Å². The molecule has 1 saturated heterocycles. The molecule has 0 bridgehead atoms. The molecule has 2 N–H and O–H groups in total. The molecule has 1 unspecified atom stereocenters. The molecule has 2 nitrogen and oxygen atoms in total. The molecule has 0 radical (unpaired) electrons. The van der Waals surface area contributed by atoms with Crippen LogP contribution in [0.25, 0.3) is 0 Å². The third-order valence-corrected chi connectivity index (χ3v) is 4.05. The van der Waals surface area contributed by atoms with Gasteiger partial charge in [-0.1, -0.05) is 0 Å². The highest BCUT2D eigenvalue weighted by Gasteiger charge is 2.14. The van der Waals surface area contributed by atoms with Gasteiger partial charge in [-0.2, -0.15) is 11.8 Å². The highest BCUT2D eigenvalue weighted by atomic mass is 32.2. The van der Waals surface area contributed by atoms with Crippen molar-refractivity contribution in [3.8, 4) is 5.75 Å². The number of phenolic OH excluding ortho intramolecular Hbond substituents is 1. The van der Waals surface area contributed by atoms with Crippen molar-refractivity contribution < 1.29 is 9.50 Å². The lowest BCUT2D eigenvalue weighted by molar-refractivity contribution is 0.456. The smallest absolute Gasteiger partial charge is 0.123 e. The normalized spacial score (nSPS) is 20.2. The molecule has 0 amide bonds. The number of hydrogen-bond acceptors (Lipinski definition) is 3. The minimum atomic E-state index is -0.300. The molecule has 0 spiro atoms. The van der Waals surface area contributed by atoms with Gasteiger partial charge in [-0.05, 0) is 48.6 Å². The predicted octanol–water partition coefficient (Wildman–Crippen LogP) is 2.37. The largest absolute Gasteiger partial charge is 0.508 e.